The third kappa shape index (κ3) is 4.03. The van der Waals surface area contributed by atoms with E-state index in [4.69, 9.17) is 0 Å². The zero-order valence-corrected chi connectivity index (χ0v) is 13.7. The van der Waals surface area contributed by atoms with Gasteiger partial charge in [-0.1, -0.05) is 39.0 Å². The molecule has 2 nitrogen and oxygen atoms in total. The van der Waals surface area contributed by atoms with Gasteiger partial charge in [0.2, 0.25) is 0 Å². The molecule has 0 aliphatic heterocycles. The van der Waals surface area contributed by atoms with Crippen molar-refractivity contribution in [3.05, 3.63) is 36.0 Å². The quantitative estimate of drug-likeness (QED) is 0.731. The van der Waals surface area contributed by atoms with E-state index < -0.39 is 0 Å². The zero-order valence-electron chi connectivity index (χ0n) is 12.9. The first kappa shape index (κ1) is 15.5. The molecule has 1 aromatic carbocycles. The predicted octanol–water partition coefficient (Wildman–Crippen LogP) is 4.28. The fraction of sp³-hybridized carbons (Fsp3) is 0.529. The van der Waals surface area contributed by atoms with Crippen LogP contribution in [0.2, 0.25) is 0 Å². The Labute approximate surface area is 126 Å². The summed E-state index contributed by atoms with van der Waals surface area (Å²) >= 11 is 2.03. The van der Waals surface area contributed by atoms with Gasteiger partial charge in [0.05, 0.1) is 0 Å². The minimum atomic E-state index is 0.525. The van der Waals surface area contributed by atoms with Crippen molar-refractivity contribution >= 4 is 22.7 Å². The number of para-hydroxylation sites is 1. The van der Waals surface area contributed by atoms with E-state index in [1.165, 1.54) is 34.5 Å². The molecule has 2 rings (SSSR count). The highest BCUT2D eigenvalue weighted by atomic mass is 32.2. The van der Waals surface area contributed by atoms with Gasteiger partial charge in [0.1, 0.15) is 0 Å². The van der Waals surface area contributed by atoms with Crippen LogP contribution in [0, 0.1) is 0 Å². The SMILES string of the molecule is CCSCCCn1c(CNC(C)C)cc2ccccc21. The molecule has 0 aliphatic carbocycles. The maximum Gasteiger partial charge on any atom is 0.0482 e. The number of thioether (sulfide) groups is 1. The lowest BCUT2D eigenvalue weighted by atomic mass is 10.2. The van der Waals surface area contributed by atoms with Gasteiger partial charge < -0.3 is 9.88 Å². The predicted molar refractivity (Wildman–Crippen MR) is 91.5 cm³/mol. The van der Waals surface area contributed by atoms with Crippen LogP contribution in [0.3, 0.4) is 0 Å². The molecule has 110 valence electrons. The number of rotatable bonds is 8. The van der Waals surface area contributed by atoms with Gasteiger partial charge >= 0.3 is 0 Å². The number of nitrogens with one attached hydrogen (secondary N) is 1. The average Bonchev–Trinajstić information content (AvgIpc) is 2.79. The normalized spacial score (nSPS) is 11.6. The number of hydrogen-bond donors (Lipinski definition) is 1. The van der Waals surface area contributed by atoms with Crippen LogP contribution >= 0.6 is 11.8 Å². The van der Waals surface area contributed by atoms with Crippen molar-refractivity contribution in [3.63, 3.8) is 0 Å². The number of aromatic nitrogens is 1. The first-order valence-corrected chi connectivity index (χ1v) is 8.76. The first-order valence-electron chi connectivity index (χ1n) is 7.60. The Morgan fingerprint density at radius 3 is 2.80 bits per heavy atom. The minimum absolute atomic E-state index is 0.525. The topological polar surface area (TPSA) is 17.0 Å². The Kier molecular flexibility index (Phi) is 5.99. The Morgan fingerprint density at radius 2 is 2.05 bits per heavy atom. The number of nitrogens with zero attached hydrogens (tertiary/aromatic N) is 1. The van der Waals surface area contributed by atoms with E-state index in [1.54, 1.807) is 0 Å². The molecule has 1 aromatic heterocycles. The van der Waals surface area contributed by atoms with E-state index in [1.807, 2.05) is 11.8 Å². The monoisotopic (exact) mass is 290 g/mol. The van der Waals surface area contributed by atoms with Gasteiger partial charge in [0.15, 0.2) is 0 Å². The first-order chi connectivity index (χ1) is 9.72. The van der Waals surface area contributed by atoms with E-state index in [0.29, 0.717) is 6.04 Å². The lowest BCUT2D eigenvalue weighted by Crippen LogP contribution is -2.23. The van der Waals surface area contributed by atoms with Gasteiger partial charge in [-0.15, -0.1) is 0 Å². The van der Waals surface area contributed by atoms with Crippen LogP contribution in [-0.2, 0) is 13.1 Å². The van der Waals surface area contributed by atoms with Crippen molar-refractivity contribution in [1.29, 1.82) is 0 Å². The molecule has 0 bridgehead atoms. The highest BCUT2D eigenvalue weighted by Crippen LogP contribution is 2.20. The second kappa shape index (κ2) is 7.75. The summed E-state index contributed by atoms with van der Waals surface area (Å²) in [7, 11) is 0. The number of fused-ring (bicyclic) bond motifs is 1. The summed E-state index contributed by atoms with van der Waals surface area (Å²) in [6.45, 7) is 8.70. The largest absolute Gasteiger partial charge is 0.343 e. The van der Waals surface area contributed by atoms with Crippen molar-refractivity contribution in [2.24, 2.45) is 0 Å². The smallest absolute Gasteiger partial charge is 0.0482 e. The Bertz CT molecular complexity index is 531. The number of aryl methyl sites for hydroxylation is 1. The number of hydrogen-bond acceptors (Lipinski definition) is 2. The Hall–Kier alpha value is -0.930. The fourth-order valence-corrected chi connectivity index (χ4v) is 3.08. The summed E-state index contributed by atoms with van der Waals surface area (Å²) in [6, 6.07) is 11.6. The van der Waals surface area contributed by atoms with Gasteiger partial charge in [-0.25, -0.2) is 0 Å². The van der Waals surface area contributed by atoms with Crippen LogP contribution in [0.15, 0.2) is 30.3 Å². The van der Waals surface area contributed by atoms with E-state index >= 15 is 0 Å². The van der Waals surface area contributed by atoms with E-state index in [2.05, 4.69) is 61.0 Å². The lowest BCUT2D eigenvalue weighted by Gasteiger charge is -2.13. The van der Waals surface area contributed by atoms with Crippen LogP contribution in [0.1, 0.15) is 32.9 Å². The molecule has 1 heterocycles. The zero-order chi connectivity index (χ0) is 14.4. The minimum Gasteiger partial charge on any atom is -0.343 e. The average molecular weight is 290 g/mol. The van der Waals surface area contributed by atoms with Crippen LogP contribution in [0.4, 0.5) is 0 Å². The van der Waals surface area contributed by atoms with Crippen molar-refractivity contribution in [3.8, 4) is 0 Å². The van der Waals surface area contributed by atoms with Crippen LogP contribution < -0.4 is 5.32 Å². The second-order valence-electron chi connectivity index (χ2n) is 5.43. The summed E-state index contributed by atoms with van der Waals surface area (Å²) < 4.78 is 2.49. The van der Waals surface area contributed by atoms with Crippen molar-refractivity contribution < 1.29 is 0 Å². The van der Waals surface area contributed by atoms with Crippen molar-refractivity contribution in [2.75, 3.05) is 11.5 Å². The molecule has 0 amide bonds. The summed E-state index contributed by atoms with van der Waals surface area (Å²) in [5.74, 6) is 2.47. The third-order valence-electron chi connectivity index (χ3n) is 3.46. The molecule has 0 spiro atoms. The van der Waals surface area contributed by atoms with Crippen LogP contribution in [0.5, 0.6) is 0 Å². The highest BCUT2D eigenvalue weighted by Gasteiger charge is 2.08. The fourth-order valence-electron chi connectivity index (χ4n) is 2.46. The molecule has 2 aromatic rings. The molecule has 0 saturated carbocycles. The molecule has 20 heavy (non-hydrogen) atoms. The molecule has 3 heteroatoms. The lowest BCUT2D eigenvalue weighted by molar-refractivity contribution is 0.557. The molecule has 0 aliphatic rings. The van der Waals surface area contributed by atoms with Gasteiger partial charge in [-0.2, -0.15) is 11.8 Å². The van der Waals surface area contributed by atoms with E-state index in [0.717, 1.165) is 13.1 Å². The van der Waals surface area contributed by atoms with Gasteiger partial charge in [-0.05, 0) is 35.4 Å². The standard InChI is InChI=1S/C17H26N2S/c1-4-20-11-7-10-19-16(13-18-14(2)3)12-15-8-5-6-9-17(15)19/h5-6,8-9,12,14,18H,4,7,10-11,13H2,1-3H3. The molecule has 0 saturated heterocycles. The molecular weight excluding hydrogens is 264 g/mol. The molecule has 0 unspecified atom stereocenters. The maximum absolute atomic E-state index is 3.54. The third-order valence-corrected chi connectivity index (χ3v) is 4.45. The summed E-state index contributed by atoms with van der Waals surface area (Å²) in [5, 5.41) is 4.90. The van der Waals surface area contributed by atoms with Crippen LogP contribution in [0.25, 0.3) is 10.9 Å². The molecule has 0 atom stereocenters. The Balaban J connectivity index is 2.16. The van der Waals surface area contributed by atoms with Gasteiger partial charge in [-0.3, -0.25) is 0 Å². The van der Waals surface area contributed by atoms with Crippen molar-refractivity contribution in [2.45, 2.75) is 46.3 Å². The van der Waals surface area contributed by atoms with Crippen molar-refractivity contribution in [1.82, 2.24) is 9.88 Å². The molecule has 0 radical (unpaired) electrons. The summed E-state index contributed by atoms with van der Waals surface area (Å²) in [5.41, 5.74) is 2.77. The Morgan fingerprint density at radius 1 is 1.25 bits per heavy atom. The maximum atomic E-state index is 3.54. The number of benzene rings is 1. The van der Waals surface area contributed by atoms with E-state index in [9.17, 15) is 0 Å². The summed E-state index contributed by atoms with van der Waals surface area (Å²) in [4.78, 5) is 0. The van der Waals surface area contributed by atoms with Gasteiger partial charge in [0, 0.05) is 30.3 Å². The molecule has 0 fully saturated rings. The van der Waals surface area contributed by atoms with Gasteiger partial charge in [0.25, 0.3) is 0 Å². The molecule has 1 N–H and O–H groups in total. The highest BCUT2D eigenvalue weighted by molar-refractivity contribution is 7.99. The second-order valence-corrected chi connectivity index (χ2v) is 6.83. The summed E-state index contributed by atoms with van der Waals surface area (Å²) in [6.07, 6.45) is 1.24. The molecular formula is C17H26N2S. The van der Waals surface area contributed by atoms with Crippen LogP contribution in [-0.4, -0.2) is 22.1 Å². The van der Waals surface area contributed by atoms with E-state index in [-0.39, 0.29) is 0 Å².